The van der Waals surface area contributed by atoms with Crippen LogP contribution in [0.3, 0.4) is 0 Å². The highest BCUT2D eigenvalue weighted by Crippen LogP contribution is 2.58. The summed E-state index contributed by atoms with van der Waals surface area (Å²) in [4.78, 5) is 4.30. The fraction of sp³-hybridized carbons (Fsp3) is 0.727. The summed E-state index contributed by atoms with van der Waals surface area (Å²) in [6.45, 7) is 0. The number of fused-ring (bicyclic) bond motifs is 1. The van der Waals surface area contributed by atoms with E-state index in [0.717, 1.165) is 24.2 Å². The van der Waals surface area contributed by atoms with Gasteiger partial charge in [0.2, 0.25) is 0 Å². The van der Waals surface area contributed by atoms with E-state index in [4.69, 9.17) is 5.73 Å². The highest BCUT2D eigenvalue weighted by Gasteiger charge is 2.54. The van der Waals surface area contributed by atoms with Gasteiger partial charge >= 0.3 is 0 Å². The predicted molar refractivity (Wildman–Crippen MR) is 58.1 cm³/mol. The van der Waals surface area contributed by atoms with Gasteiger partial charge in [0, 0.05) is 24.0 Å². The summed E-state index contributed by atoms with van der Waals surface area (Å²) < 4.78 is 0. The summed E-state index contributed by atoms with van der Waals surface area (Å²) in [6, 6.07) is 0.372. The van der Waals surface area contributed by atoms with Crippen molar-refractivity contribution in [2.75, 3.05) is 0 Å². The van der Waals surface area contributed by atoms with E-state index in [1.165, 1.54) is 24.3 Å². The maximum absolute atomic E-state index is 6.23. The third-order valence-corrected chi connectivity index (χ3v) is 4.66. The van der Waals surface area contributed by atoms with Gasteiger partial charge < -0.3 is 5.73 Å². The van der Waals surface area contributed by atoms with E-state index < -0.39 is 0 Å². The number of hydrogen-bond acceptors (Lipinski definition) is 3. The number of nitrogens with two attached hydrogens (primary N) is 1. The second kappa shape index (κ2) is 3.31. The summed E-state index contributed by atoms with van der Waals surface area (Å²) in [6.07, 6.45) is 7.17. The van der Waals surface area contributed by atoms with Crippen LogP contribution in [0.5, 0.6) is 0 Å². The number of hydrogen-bond donors (Lipinski definition) is 1. The van der Waals surface area contributed by atoms with Gasteiger partial charge in [0.1, 0.15) is 0 Å². The first kappa shape index (κ1) is 8.86. The second-order valence-electron chi connectivity index (χ2n) is 4.63. The molecule has 2 N–H and O–H groups in total. The van der Waals surface area contributed by atoms with E-state index in [1.54, 1.807) is 11.3 Å². The fourth-order valence-electron chi connectivity index (χ4n) is 3.20. The molecule has 0 saturated heterocycles. The molecule has 0 aliphatic heterocycles. The monoisotopic (exact) mass is 208 g/mol. The zero-order valence-electron chi connectivity index (χ0n) is 8.23. The Bertz CT molecular complexity index is 299. The zero-order chi connectivity index (χ0) is 9.54. The molecule has 2 nitrogen and oxygen atoms in total. The molecular weight excluding hydrogens is 192 g/mol. The average molecular weight is 208 g/mol. The quantitative estimate of drug-likeness (QED) is 0.825. The van der Waals surface area contributed by atoms with Crippen LogP contribution in [0.1, 0.15) is 24.3 Å². The molecule has 76 valence electrons. The summed E-state index contributed by atoms with van der Waals surface area (Å²) in [5, 5.41) is 3.25. The van der Waals surface area contributed by atoms with Gasteiger partial charge in [-0.15, -0.1) is 11.3 Å². The Labute approximate surface area is 88.5 Å². The van der Waals surface area contributed by atoms with Gasteiger partial charge in [-0.05, 0) is 30.6 Å². The minimum absolute atomic E-state index is 0.372. The van der Waals surface area contributed by atoms with Gasteiger partial charge in [0.15, 0.2) is 0 Å². The average Bonchev–Trinajstić information content (AvgIpc) is 2.63. The Balaban J connectivity index is 1.59. The molecule has 0 radical (unpaired) electrons. The lowest BCUT2D eigenvalue weighted by Gasteiger charge is -2.11. The van der Waals surface area contributed by atoms with Gasteiger partial charge in [0.25, 0.3) is 0 Å². The molecule has 0 spiro atoms. The van der Waals surface area contributed by atoms with Crippen LogP contribution in [0.2, 0.25) is 0 Å². The first-order valence-electron chi connectivity index (χ1n) is 5.50. The molecule has 3 heteroatoms. The molecule has 2 aliphatic rings. The highest BCUT2D eigenvalue weighted by molar-refractivity contribution is 7.09. The lowest BCUT2D eigenvalue weighted by atomic mass is 10.0. The van der Waals surface area contributed by atoms with Crippen LogP contribution in [0.15, 0.2) is 11.6 Å². The van der Waals surface area contributed by atoms with Crippen LogP contribution < -0.4 is 5.73 Å². The third-order valence-electron chi connectivity index (χ3n) is 3.86. The Morgan fingerprint density at radius 3 is 2.93 bits per heavy atom. The maximum Gasteiger partial charge on any atom is 0.0940 e. The molecule has 3 unspecified atom stereocenters. The minimum atomic E-state index is 0.372. The Morgan fingerprint density at radius 1 is 1.50 bits per heavy atom. The predicted octanol–water partition coefficient (Wildman–Crippen LogP) is 2.06. The number of nitrogens with zero attached hydrogens (tertiary/aromatic N) is 1. The van der Waals surface area contributed by atoms with Crippen molar-refractivity contribution in [3.63, 3.8) is 0 Å². The first-order chi connectivity index (χ1) is 6.86. The van der Waals surface area contributed by atoms with Crippen molar-refractivity contribution in [1.82, 2.24) is 4.98 Å². The van der Waals surface area contributed by atoms with Gasteiger partial charge in [-0.25, -0.2) is 4.98 Å². The van der Waals surface area contributed by atoms with Crippen LogP contribution in [-0.4, -0.2) is 11.0 Å². The summed E-state index contributed by atoms with van der Waals surface area (Å²) >= 11 is 1.73. The number of aromatic nitrogens is 1. The molecule has 1 heterocycles. The van der Waals surface area contributed by atoms with Crippen molar-refractivity contribution in [1.29, 1.82) is 0 Å². The smallest absolute Gasteiger partial charge is 0.0940 e. The van der Waals surface area contributed by atoms with E-state index in [9.17, 15) is 0 Å². The molecule has 3 rings (SSSR count). The van der Waals surface area contributed by atoms with Crippen molar-refractivity contribution in [2.24, 2.45) is 23.5 Å². The first-order valence-corrected chi connectivity index (χ1v) is 6.38. The lowest BCUT2D eigenvalue weighted by Crippen LogP contribution is -2.27. The SMILES string of the molecule is NC(Cc1nccs1)C1C2CCCC21. The van der Waals surface area contributed by atoms with E-state index in [2.05, 4.69) is 4.98 Å². The Morgan fingerprint density at radius 2 is 2.29 bits per heavy atom. The van der Waals surface area contributed by atoms with Gasteiger partial charge in [-0.2, -0.15) is 0 Å². The van der Waals surface area contributed by atoms with Crippen LogP contribution in [0.25, 0.3) is 0 Å². The standard InChI is InChI=1S/C11H16N2S/c12-9(6-10-13-4-5-14-10)11-7-2-1-3-8(7)11/h4-5,7-9,11H,1-3,6,12H2. The molecule has 1 aromatic rings. The largest absolute Gasteiger partial charge is 0.327 e. The van der Waals surface area contributed by atoms with Crippen molar-refractivity contribution >= 4 is 11.3 Å². The topological polar surface area (TPSA) is 38.9 Å². The molecule has 14 heavy (non-hydrogen) atoms. The van der Waals surface area contributed by atoms with Crippen LogP contribution >= 0.6 is 11.3 Å². The molecule has 0 amide bonds. The van der Waals surface area contributed by atoms with Crippen LogP contribution in [-0.2, 0) is 6.42 Å². The lowest BCUT2D eigenvalue weighted by molar-refractivity contribution is 0.483. The van der Waals surface area contributed by atoms with E-state index >= 15 is 0 Å². The molecule has 1 aromatic heterocycles. The van der Waals surface area contributed by atoms with E-state index in [0.29, 0.717) is 6.04 Å². The van der Waals surface area contributed by atoms with Gasteiger partial charge in [0.05, 0.1) is 5.01 Å². The molecule has 2 fully saturated rings. The van der Waals surface area contributed by atoms with Gasteiger partial charge in [-0.1, -0.05) is 6.42 Å². The normalized spacial score (nSPS) is 36.8. The molecule has 2 aliphatic carbocycles. The molecular formula is C11H16N2S. The Hall–Kier alpha value is -0.410. The summed E-state index contributed by atoms with van der Waals surface area (Å²) in [7, 11) is 0. The van der Waals surface area contributed by atoms with E-state index in [-0.39, 0.29) is 0 Å². The highest BCUT2D eigenvalue weighted by atomic mass is 32.1. The van der Waals surface area contributed by atoms with Crippen LogP contribution in [0.4, 0.5) is 0 Å². The number of thiazole rings is 1. The van der Waals surface area contributed by atoms with Crippen molar-refractivity contribution in [3.8, 4) is 0 Å². The summed E-state index contributed by atoms with van der Waals surface area (Å²) in [5.41, 5.74) is 6.23. The molecule has 0 bridgehead atoms. The molecule has 3 atom stereocenters. The molecule has 2 saturated carbocycles. The molecule has 0 aromatic carbocycles. The number of rotatable bonds is 3. The Kier molecular flexibility index (Phi) is 2.10. The third kappa shape index (κ3) is 1.39. The van der Waals surface area contributed by atoms with Gasteiger partial charge in [-0.3, -0.25) is 0 Å². The fourth-order valence-corrected chi connectivity index (χ4v) is 3.89. The van der Waals surface area contributed by atoms with Crippen LogP contribution in [0, 0.1) is 17.8 Å². The maximum atomic E-state index is 6.23. The summed E-state index contributed by atoms with van der Waals surface area (Å²) in [5.74, 6) is 2.78. The minimum Gasteiger partial charge on any atom is -0.327 e. The zero-order valence-corrected chi connectivity index (χ0v) is 9.04. The van der Waals surface area contributed by atoms with Crippen molar-refractivity contribution < 1.29 is 0 Å². The van der Waals surface area contributed by atoms with Crippen molar-refractivity contribution in [2.45, 2.75) is 31.7 Å². The second-order valence-corrected chi connectivity index (χ2v) is 5.61. The van der Waals surface area contributed by atoms with Crippen molar-refractivity contribution in [3.05, 3.63) is 16.6 Å². The van der Waals surface area contributed by atoms with E-state index in [1.807, 2.05) is 11.6 Å².